The first-order chi connectivity index (χ1) is 8.38. The van der Waals surface area contributed by atoms with Crippen molar-refractivity contribution in [2.24, 2.45) is 0 Å². The normalized spacial score (nSPS) is 16.3. The van der Waals surface area contributed by atoms with Crippen LogP contribution in [0.2, 0.25) is 0 Å². The van der Waals surface area contributed by atoms with Crippen molar-refractivity contribution in [3.8, 4) is 0 Å². The van der Waals surface area contributed by atoms with Gasteiger partial charge in [0.15, 0.2) is 0 Å². The Hall–Kier alpha value is -1.24. The number of aliphatic hydroxyl groups is 1. The summed E-state index contributed by atoms with van der Waals surface area (Å²) in [4.78, 5) is 0. The van der Waals surface area contributed by atoms with Gasteiger partial charge < -0.3 is 5.11 Å². The van der Waals surface area contributed by atoms with Gasteiger partial charge in [0, 0.05) is 0 Å². The molecule has 7 heteroatoms. The molecule has 1 aromatic rings. The van der Waals surface area contributed by atoms with Gasteiger partial charge in [-0.05, 0) is 37.1 Å². The van der Waals surface area contributed by atoms with Gasteiger partial charge >= 0.3 is 12.4 Å². The molecule has 1 aromatic carbocycles. The molecule has 0 aromatic heterocycles. The third kappa shape index (κ3) is 3.62. The van der Waals surface area contributed by atoms with Crippen LogP contribution in [0.25, 0.3) is 0 Å². The first-order valence-corrected chi connectivity index (χ1v) is 5.40. The van der Waals surface area contributed by atoms with Gasteiger partial charge in [-0.2, -0.15) is 26.3 Å². The predicted octanol–water partition coefficient (Wildman–Crippen LogP) is 4.34. The minimum Gasteiger partial charge on any atom is -0.385 e. The van der Waals surface area contributed by atoms with Gasteiger partial charge in [-0.1, -0.05) is 6.92 Å². The molecule has 108 valence electrons. The van der Waals surface area contributed by atoms with Crippen LogP contribution in [0.3, 0.4) is 0 Å². The highest BCUT2D eigenvalue weighted by atomic mass is 19.4. The number of benzene rings is 1. The van der Waals surface area contributed by atoms with Crippen LogP contribution in [0.4, 0.5) is 26.3 Å². The molecule has 19 heavy (non-hydrogen) atoms. The van der Waals surface area contributed by atoms with E-state index in [0.29, 0.717) is 12.1 Å². The molecule has 0 aliphatic rings. The number of halogens is 6. The third-order valence-electron chi connectivity index (χ3n) is 2.90. The molecule has 0 heterocycles. The average Bonchev–Trinajstić information content (AvgIpc) is 2.26. The van der Waals surface area contributed by atoms with E-state index in [1.165, 1.54) is 13.8 Å². The number of hydrogen-bond donors (Lipinski definition) is 1. The Balaban J connectivity index is 3.51. The van der Waals surface area contributed by atoms with Crippen LogP contribution < -0.4 is 0 Å². The fourth-order valence-electron chi connectivity index (χ4n) is 1.47. The van der Waals surface area contributed by atoms with Crippen molar-refractivity contribution >= 4 is 0 Å². The molecule has 1 N–H and O–H groups in total. The summed E-state index contributed by atoms with van der Waals surface area (Å²) in [5, 5.41) is 9.84. The molecule has 0 fully saturated rings. The molecule has 0 bridgehead atoms. The lowest BCUT2D eigenvalue weighted by Crippen LogP contribution is -2.22. The van der Waals surface area contributed by atoms with Crippen LogP contribution in [0.1, 0.15) is 37.0 Å². The second-order valence-corrected chi connectivity index (χ2v) is 4.42. The van der Waals surface area contributed by atoms with Crippen LogP contribution in [0.5, 0.6) is 0 Å². The minimum atomic E-state index is -4.90. The van der Waals surface area contributed by atoms with Gasteiger partial charge in [-0.25, -0.2) is 0 Å². The maximum absolute atomic E-state index is 12.6. The van der Waals surface area contributed by atoms with Crippen molar-refractivity contribution in [3.05, 3.63) is 34.9 Å². The number of alkyl halides is 6. The SMILES string of the molecule is CC[C@@](C)(O)c1cc(C(F)(F)F)cc(C(F)(F)F)c1. The van der Waals surface area contributed by atoms with E-state index in [9.17, 15) is 31.4 Å². The summed E-state index contributed by atoms with van der Waals surface area (Å²) in [6, 6.07) is 1.12. The number of rotatable bonds is 2. The van der Waals surface area contributed by atoms with Gasteiger partial charge in [0.1, 0.15) is 0 Å². The summed E-state index contributed by atoms with van der Waals surface area (Å²) in [5.41, 5.74) is -5.00. The van der Waals surface area contributed by atoms with Crippen LogP contribution in [-0.2, 0) is 18.0 Å². The van der Waals surface area contributed by atoms with Crippen molar-refractivity contribution in [1.82, 2.24) is 0 Å². The van der Waals surface area contributed by atoms with Crippen molar-refractivity contribution in [2.75, 3.05) is 0 Å². The molecular formula is C12H12F6O. The number of hydrogen-bond acceptors (Lipinski definition) is 1. The largest absolute Gasteiger partial charge is 0.416 e. The molecule has 1 rings (SSSR count). The fourth-order valence-corrected chi connectivity index (χ4v) is 1.47. The molecule has 0 radical (unpaired) electrons. The molecule has 0 aliphatic carbocycles. The zero-order valence-electron chi connectivity index (χ0n) is 10.2. The summed E-state index contributed by atoms with van der Waals surface area (Å²) in [6.45, 7) is 2.64. The third-order valence-corrected chi connectivity index (χ3v) is 2.90. The van der Waals surface area contributed by atoms with Crippen LogP contribution in [0.15, 0.2) is 18.2 Å². The zero-order chi connectivity index (χ0) is 15.1. The van der Waals surface area contributed by atoms with E-state index in [1.807, 2.05) is 0 Å². The summed E-state index contributed by atoms with van der Waals surface area (Å²) in [7, 11) is 0. The van der Waals surface area contributed by atoms with Gasteiger partial charge in [-0.3, -0.25) is 0 Å². The van der Waals surface area contributed by atoms with E-state index in [1.54, 1.807) is 0 Å². The second kappa shape index (κ2) is 4.70. The Labute approximate surface area is 105 Å². The first kappa shape index (κ1) is 15.8. The van der Waals surface area contributed by atoms with E-state index in [4.69, 9.17) is 0 Å². The van der Waals surface area contributed by atoms with E-state index in [0.717, 1.165) is 0 Å². The Morgan fingerprint density at radius 2 is 1.16 bits per heavy atom. The Morgan fingerprint density at radius 1 is 0.842 bits per heavy atom. The minimum absolute atomic E-state index is 0.00833. The van der Waals surface area contributed by atoms with E-state index < -0.39 is 34.6 Å². The summed E-state index contributed by atoms with van der Waals surface area (Å²) in [5.74, 6) is 0. The van der Waals surface area contributed by atoms with Gasteiger partial charge in [-0.15, -0.1) is 0 Å². The standard InChI is InChI=1S/C12H12F6O/c1-3-10(2,19)7-4-8(11(13,14)15)6-9(5-7)12(16,17)18/h4-6,19H,3H2,1-2H3/t10-/m1/s1. The van der Waals surface area contributed by atoms with E-state index in [2.05, 4.69) is 0 Å². The first-order valence-electron chi connectivity index (χ1n) is 5.40. The highest BCUT2D eigenvalue weighted by molar-refractivity contribution is 5.36. The lowest BCUT2D eigenvalue weighted by Gasteiger charge is -2.24. The van der Waals surface area contributed by atoms with Crippen LogP contribution >= 0.6 is 0 Å². The maximum atomic E-state index is 12.6. The zero-order valence-corrected chi connectivity index (χ0v) is 10.2. The van der Waals surface area contributed by atoms with Crippen molar-refractivity contribution < 1.29 is 31.4 Å². The van der Waals surface area contributed by atoms with Crippen molar-refractivity contribution in [3.63, 3.8) is 0 Å². The van der Waals surface area contributed by atoms with Crippen molar-refractivity contribution in [2.45, 2.75) is 38.2 Å². The smallest absolute Gasteiger partial charge is 0.385 e. The molecule has 0 amide bonds. The summed E-state index contributed by atoms with van der Waals surface area (Å²) < 4.78 is 75.5. The van der Waals surface area contributed by atoms with Crippen molar-refractivity contribution in [1.29, 1.82) is 0 Å². The molecule has 1 nitrogen and oxygen atoms in total. The lowest BCUT2D eigenvalue weighted by molar-refractivity contribution is -0.143. The molecule has 1 atom stereocenters. The average molecular weight is 286 g/mol. The van der Waals surface area contributed by atoms with Crippen LogP contribution in [-0.4, -0.2) is 5.11 Å². The molecule has 0 saturated heterocycles. The van der Waals surface area contributed by atoms with Crippen LogP contribution in [0, 0.1) is 0 Å². The maximum Gasteiger partial charge on any atom is 0.416 e. The topological polar surface area (TPSA) is 20.2 Å². The second-order valence-electron chi connectivity index (χ2n) is 4.42. The monoisotopic (exact) mass is 286 g/mol. The molecule has 0 saturated carbocycles. The Bertz CT molecular complexity index is 426. The Morgan fingerprint density at radius 3 is 1.42 bits per heavy atom. The molecular weight excluding hydrogens is 274 g/mol. The van der Waals surface area contributed by atoms with Gasteiger partial charge in [0.25, 0.3) is 0 Å². The van der Waals surface area contributed by atoms with E-state index >= 15 is 0 Å². The van der Waals surface area contributed by atoms with Gasteiger partial charge in [0.2, 0.25) is 0 Å². The predicted molar refractivity (Wildman–Crippen MR) is 56.3 cm³/mol. The summed E-state index contributed by atoms with van der Waals surface area (Å²) in [6.07, 6.45) is -9.81. The molecule has 0 unspecified atom stereocenters. The summed E-state index contributed by atoms with van der Waals surface area (Å²) >= 11 is 0. The molecule has 0 spiro atoms. The fraction of sp³-hybridized carbons (Fsp3) is 0.500. The Kier molecular flexibility index (Phi) is 3.91. The lowest BCUT2D eigenvalue weighted by atomic mass is 9.90. The highest BCUT2D eigenvalue weighted by Gasteiger charge is 2.38. The molecule has 0 aliphatic heterocycles. The van der Waals surface area contributed by atoms with E-state index in [-0.39, 0.29) is 12.5 Å². The highest BCUT2D eigenvalue weighted by Crippen LogP contribution is 2.38. The quantitative estimate of drug-likeness (QED) is 0.802. The van der Waals surface area contributed by atoms with Gasteiger partial charge in [0.05, 0.1) is 16.7 Å².